The molecule has 5 nitrogen and oxygen atoms in total. The lowest BCUT2D eigenvalue weighted by atomic mass is 10.1. The van der Waals surface area contributed by atoms with Gasteiger partial charge in [0.25, 0.3) is 5.91 Å². The molecule has 1 heterocycles. The van der Waals surface area contributed by atoms with Gasteiger partial charge in [0.15, 0.2) is 0 Å². The van der Waals surface area contributed by atoms with E-state index in [9.17, 15) is 4.79 Å². The third-order valence-electron chi connectivity index (χ3n) is 3.99. The third-order valence-corrected chi connectivity index (χ3v) is 3.99. The van der Waals surface area contributed by atoms with Crippen LogP contribution in [0.1, 0.15) is 27.2 Å². The Morgan fingerprint density at radius 3 is 2.42 bits per heavy atom. The number of aromatic nitrogens is 2. The third kappa shape index (κ3) is 4.66. The molecule has 0 saturated carbocycles. The summed E-state index contributed by atoms with van der Waals surface area (Å²) in [5, 5.41) is 0. The predicted molar refractivity (Wildman–Crippen MR) is 99.8 cm³/mol. The number of aryl methyl sites for hydroxylation is 1. The van der Waals surface area contributed by atoms with Crippen LogP contribution in [-0.4, -0.2) is 27.8 Å². The fourth-order valence-corrected chi connectivity index (χ4v) is 2.49. The Labute approximate surface area is 153 Å². The van der Waals surface area contributed by atoms with Crippen LogP contribution >= 0.6 is 0 Å². The van der Waals surface area contributed by atoms with Gasteiger partial charge in [0.2, 0.25) is 0 Å². The quantitative estimate of drug-likeness (QED) is 0.683. The summed E-state index contributed by atoms with van der Waals surface area (Å²) in [6.45, 7) is 2.93. The van der Waals surface area contributed by atoms with Gasteiger partial charge in [-0.3, -0.25) is 14.8 Å². The zero-order chi connectivity index (χ0) is 18.4. The van der Waals surface area contributed by atoms with E-state index in [0.29, 0.717) is 18.7 Å². The van der Waals surface area contributed by atoms with Gasteiger partial charge in [-0.2, -0.15) is 0 Å². The number of hydrogen-bond acceptors (Lipinski definition) is 4. The number of benzene rings is 2. The van der Waals surface area contributed by atoms with Gasteiger partial charge in [-0.05, 0) is 36.8 Å². The normalized spacial score (nSPS) is 10.4. The summed E-state index contributed by atoms with van der Waals surface area (Å²) in [5.74, 6) is 0.779. The molecule has 0 unspecified atom stereocenters. The minimum atomic E-state index is -0.0540. The van der Waals surface area contributed by atoms with E-state index < -0.39 is 0 Å². The second kappa shape index (κ2) is 8.25. The van der Waals surface area contributed by atoms with Gasteiger partial charge >= 0.3 is 0 Å². The number of nitrogens with zero attached hydrogens (tertiary/aromatic N) is 3. The Hall–Kier alpha value is -3.21. The van der Waals surface area contributed by atoms with Crippen LogP contribution in [0.5, 0.6) is 5.75 Å². The summed E-state index contributed by atoms with van der Waals surface area (Å²) >= 11 is 0. The van der Waals surface area contributed by atoms with Gasteiger partial charge in [-0.25, -0.2) is 0 Å². The van der Waals surface area contributed by atoms with Crippen LogP contribution in [0.15, 0.2) is 67.1 Å². The maximum absolute atomic E-state index is 12.5. The van der Waals surface area contributed by atoms with Crippen molar-refractivity contribution in [2.24, 2.45) is 0 Å². The summed E-state index contributed by atoms with van der Waals surface area (Å²) in [4.78, 5) is 22.4. The van der Waals surface area contributed by atoms with E-state index in [1.165, 1.54) is 5.56 Å². The van der Waals surface area contributed by atoms with Gasteiger partial charge in [-0.1, -0.05) is 29.8 Å². The first-order valence-corrected chi connectivity index (χ1v) is 8.40. The lowest BCUT2D eigenvalue weighted by Crippen LogP contribution is -2.26. The fourth-order valence-electron chi connectivity index (χ4n) is 2.49. The average molecular weight is 347 g/mol. The van der Waals surface area contributed by atoms with E-state index in [0.717, 1.165) is 17.0 Å². The number of rotatable bonds is 6. The average Bonchev–Trinajstić information content (AvgIpc) is 2.68. The second-order valence-electron chi connectivity index (χ2n) is 6.16. The summed E-state index contributed by atoms with van der Waals surface area (Å²) in [7, 11) is 1.76. The Bertz CT molecular complexity index is 847. The van der Waals surface area contributed by atoms with Crippen molar-refractivity contribution >= 4 is 5.91 Å². The molecule has 0 aliphatic heterocycles. The van der Waals surface area contributed by atoms with Crippen molar-refractivity contribution in [3.8, 4) is 5.75 Å². The second-order valence-corrected chi connectivity index (χ2v) is 6.16. The highest BCUT2D eigenvalue weighted by Crippen LogP contribution is 2.15. The molecule has 0 atom stereocenters. The molecule has 0 aliphatic rings. The molecule has 5 heteroatoms. The van der Waals surface area contributed by atoms with Crippen molar-refractivity contribution in [3.63, 3.8) is 0 Å². The van der Waals surface area contributed by atoms with Crippen LogP contribution in [0.25, 0.3) is 0 Å². The summed E-state index contributed by atoms with van der Waals surface area (Å²) in [6.07, 6.45) is 4.90. The molecule has 0 N–H and O–H groups in total. The smallest absolute Gasteiger partial charge is 0.253 e. The summed E-state index contributed by atoms with van der Waals surface area (Å²) in [5.41, 5.74) is 3.60. The molecule has 26 heavy (non-hydrogen) atoms. The first-order chi connectivity index (χ1) is 12.6. The Morgan fingerprint density at radius 2 is 1.77 bits per heavy atom. The first kappa shape index (κ1) is 17.6. The van der Waals surface area contributed by atoms with Crippen LogP contribution < -0.4 is 4.74 Å². The highest BCUT2D eigenvalue weighted by Gasteiger charge is 2.12. The zero-order valence-corrected chi connectivity index (χ0v) is 14.9. The number of carbonyl (C=O) groups is 1. The Kier molecular flexibility index (Phi) is 5.59. The maximum atomic E-state index is 12.5. The lowest BCUT2D eigenvalue weighted by molar-refractivity contribution is 0.0783. The molecule has 132 valence electrons. The molecule has 0 spiro atoms. The molecule has 1 amide bonds. The number of amides is 1. The maximum Gasteiger partial charge on any atom is 0.253 e. The highest BCUT2D eigenvalue weighted by molar-refractivity contribution is 5.94. The first-order valence-electron chi connectivity index (χ1n) is 8.40. The van der Waals surface area contributed by atoms with E-state index in [-0.39, 0.29) is 5.91 Å². The van der Waals surface area contributed by atoms with Crippen LogP contribution in [0, 0.1) is 6.92 Å². The van der Waals surface area contributed by atoms with Gasteiger partial charge in [0.1, 0.15) is 12.4 Å². The zero-order valence-electron chi connectivity index (χ0n) is 14.9. The monoisotopic (exact) mass is 347 g/mol. The highest BCUT2D eigenvalue weighted by atomic mass is 16.5. The molecule has 2 aromatic carbocycles. The molecule has 0 saturated heterocycles. The van der Waals surface area contributed by atoms with Gasteiger partial charge in [-0.15, -0.1) is 0 Å². The molecule has 0 radical (unpaired) electrons. The largest absolute Gasteiger partial charge is 0.489 e. The fraction of sp³-hybridized carbons (Fsp3) is 0.190. The summed E-state index contributed by atoms with van der Waals surface area (Å²) in [6, 6.07) is 15.4. The number of ether oxygens (including phenoxy) is 1. The molecular formula is C21H21N3O2. The molecule has 0 bridgehead atoms. The number of carbonyl (C=O) groups excluding carboxylic acids is 1. The SMILES string of the molecule is Cc1ccc(OCc2ccc(C(=O)N(C)Cc3cnccn3)cc2)cc1. The van der Waals surface area contributed by atoms with Gasteiger partial charge < -0.3 is 9.64 Å². The van der Waals surface area contributed by atoms with Crippen LogP contribution in [-0.2, 0) is 13.2 Å². The van der Waals surface area contributed by atoms with Gasteiger partial charge in [0, 0.05) is 25.0 Å². The Morgan fingerprint density at radius 1 is 1.04 bits per heavy atom. The molecule has 0 fully saturated rings. The van der Waals surface area contributed by atoms with Crippen molar-refractivity contribution in [2.75, 3.05) is 7.05 Å². The standard InChI is InChI=1S/C21H21N3O2/c1-16-3-9-20(10-4-16)26-15-17-5-7-18(8-6-17)21(25)24(2)14-19-13-22-11-12-23-19/h3-13H,14-15H2,1-2H3. The predicted octanol–water partition coefficient (Wildman–Crippen LogP) is 3.64. The topological polar surface area (TPSA) is 55.3 Å². The van der Waals surface area contributed by atoms with Crippen molar-refractivity contribution < 1.29 is 9.53 Å². The van der Waals surface area contributed by atoms with E-state index in [1.807, 2.05) is 55.5 Å². The minimum absolute atomic E-state index is 0.0540. The van der Waals surface area contributed by atoms with Crippen molar-refractivity contribution in [2.45, 2.75) is 20.1 Å². The molecule has 1 aromatic heterocycles. The summed E-state index contributed by atoms with van der Waals surface area (Å²) < 4.78 is 5.76. The van der Waals surface area contributed by atoms with E-state index >= 15 is 0 Å². The van der Waals surface area contributed by atoms with Gasteiger partial charge in [0.05, 0.1) is 18.4 Å². The molecule has 3 aromatic rings. The molecule has 0 aliphatic carbocycles. The number of hydrogen-bond donors (Lipinski definition) is 0. The van der Waals surface area contributed by atoms with E-state index in [1.54, 1.807) is 30.5 Å². The lowest BCUT2D eigenvalue weighted by Gasteiger charge is -2.16. The molecule has 3 rings (SSSR count). The Balaban J connectivity index is 1.57. The minimum Gasteiger partial charge on any atom is -0.489 e. The van der Waals surface area contributed by atoms with Crippen LogP contribution in [0.2, 0.25) is 0 Å². The van der Waals surface area contributed by atoms with Crippen molar-refractivity contribution in [3.05, 3.63) is 89.5 Å². The van der Waals surface area contributed by atoms with Crippen LogP contribution in [0.4, 0.5) is 0 Å². The van der Waals surface area contributed by atoms with Crippen molar-refractivity contribution in [1.29, 1.82) is 0 Å². The van der Waals surface area contributed by atoms with Crippen LogP contribution in [0.3, 0.4) is 0 Å². The molecular weight excluding hydrogens is 326 g/mol. The van der Waals surface area contributed by atoms with Crippen molar-refractivity contribution in [1.82, 2.24) is 14.9 Å². The van der Waals surface area contributed by atoms with E-state index in [4.69, 9.17) is 4.74 Å². The van der Waals surface area contributed by atoms with E-state index in [2.05, 4.69) is 9.97 Å².